The number of benzene rings is 1. The highest BCUT2D eigenvalue weighted by Crippen LogP contribution is 2.15. The summed E-state index contributed by atoms with van der Waals surface area (Å²) in [5.41, 5.74) is 2.19. The molecule has 0 radical (unpaired) electrons. The van der Waals surface area contributed by atoms with Crippen LogP contribution in [0.15, 0.2) is 42.0 Å². The van der Waals surface area contributed by atoms with E-state index in [-0.39, 0.29) is 0 Å². The number of imidazole rings is 1. The summed E-state index contributed by atoms with van der Waals surface area (Å²) in [5, 5.41) is 2.02. The van der Waals surface area contributed by atoms with Crippen LogP contribution < -0.4 is 4.74 Å². The van der Waals surface area contributed by atoms with E-state index in [9.17, 15) is 0 Å². The Morgan fingerprint density at radius 1 is 1.29 bits per heavy atom. The van der Waals surface area contributed by atoms with Crippen LogP contribution in [0.1, 0.15) is 11.3 Å². The molecular weight excluding hydrogens is 232 g/mol. The summed E-state index contributed by atoms with van der Waals surface area (Å²) >= 11 is 1.63. The Balaban J connectivity index is 1.71. The fourth-order valence-electron chi connectivity index (χ4n) is 1.64. The van der Waals surface area contributed by atoms with Gasteiger partial charge in [-0.1, -0.05) is 17.7 Å². The molecule has 0 aliphatic carbocycles. The van der Waals surface area contributed by atoms with E-state index in [4.69, 9.17) is 4.74 Å². The summed E-state index contributed by atoms with van der Waals surface area (Å²) in [6.07, 6.45) is 4.00. The van der Waals surface area contributed by atoms with Gasteiger partial charge >= 0.3 is 0 Å². The van der Waals surface area contributed by atoms with Crippen molar-refractivity contribution < 1.29 is 4.74 Å². The van der Waals surface area contributed by atoms with Crippen molar-refractivity contribution in [3.05, 3.63) is 53.3 Å². The molecule has 3 nitrogen and oxygen atoms in total. The fourth-order valence-corrected chi connectivity index (χ4v) is 2.36. The van der Waals surface area contributed by atoms with Crippen LogP contribution in [0, 0.1) is 6.92 Å². The Kier molecular flexibility index (Phi) is 2.57. The third kappa shape index (κ3) is 2.17. The fraction of sp³-hybridized carbons (Fsp3) is 0.154. The maximum atomic E-state index is 5.67. The summed E-state index contributed by atoms with van der Waals surface area (Å²) in [6, 6.07) is 8.05. The lowest BCUT2D eigenvalue weighted by molar-refractivity contribution is 0.302. The molecule has 1 aromatic carbocycles. The molecule has 17 heavy (non-hydrogen) atoms. The molecule has 3 rings (SSSR count). The number of hydrogen-bond acceptors (Lipinski definition) is 3. The Morgan fingerprint density at radius 2 is 2.12 bits per heavy atom. The first-order valence-electron chi connectivity index (χ1n) is 5.42. The maximum Gasteiger partial charge on any atom is 0.193 e. The second kappa shape index (κ2) is 4.22. The van der Waals surface area contributed by atoms with E-state index in [0.717, 1.165) is 16.4 Å². The molecule has 0 spiro atoms. The van der Waals surface area contributed by atoms with E-state index in [1.165, 1.54) is 5.56 Å². The van der Waals surface area contributed by atoms with Crippen molar-refractivity contribution in [2.75, 3.05) is 0 Å². The second-order valence-corrected chi connectivity index (χ2v) is 4.80. The molecule has 0 saturated heterocycles. The van der Waals surface area contributed by atoms with Crippen LogP contribution in [0.25, 0.3) is 4.96 Å². The number of nitrogens with zero attached hydrogens (tertiary/aromatic N) is 2. The van der Waals surface area contributed by atoms with Gasteiger partial charge in [0.1, 0.15) is 12.4 Å². The molecule has 2 aromatic heterocycles. The van der Waals surface area contributed by atoms with Gasteiger partial charge in [-0.15, -0.1) is 11.3 Å². The van der Waals surface area contributed by atoms with Gasteiger partial charge in [0, 0.05) is 17.8 Å². The number of hydrogen-bond donors (Lipinski definition) is 0. The minimum atomic E-state index is 0.511. The molecule has 0 fully saturated rings. The average molecular weight is 244 g/mol. The largest absolute Gasteiger partial charge is 0.487 e. The Labute approximate surface area is 103 Å². The first kappa shape index (κ1) is 10.4. The van der Waals surface area contributed by atoms with Crippen LogP contribution in [0.4, 0.5) is 0 Å². The highest BCUT2D eigenvalue weighted by atomic mass is 32.1. The molecule has 3 aromatic rings. The van der Waals surface area contributed by atoms with Gasteiger partial charge in [0.2, 0.25) is 0 Å². The number of ether oxygens (including phenoxy) is 1. The van der Waals surface area contributed by atoms with Crippen LogP contribution in [0.2, 0.25) is 0 Å². The molecule has 4 heteroatoms. The monoisotopic (exact) mass is 244 g/mol. The number of fused-ring (bicyclic) bond motifs is 1. The van der Waals surface area contributed by atoms with Gasteiger partial charge in [0.25, 0.3) is 0 Å². The van der Waals surface area contributed by atoms with Crippen molar-refractivity contribution in [2.45, 2.75) is 13.5 Å². The number of aromatic nitrogens is 2. The summed E-state index contributed by atoms with van der Waals surface area (Å²) < 4.78 is 7.69. The highest BCUT2D eigenvalue weighted by molar-refractivity contribution is 7.15. The lowest BCUT2D eigenvalue weighted by Gasteiger charge is -2.03. The number of rotatable bonds is 3. The van der Waals surface area contributed by atoms with Gasteiger partial charge in [-0.2, -0.15) is 0 Å². The van der Waals surface area contributed by atoms with E-state index in [2.05, 4.69) is 11.9 Å². The molecule has 0 saturated carbocycles. The maximum absolute atomic E-state index is 5.67. The SMILES string of the molecule is Cc1ccc(OCc2cn3ccsc3n2)cc1. The minimum absolute atomic E-state index is 0.511. The first-order valence-corrected chi connectivity index (χ1v) is 6.30. The molecule has 0 amide bonds. The summed E-state index contributed by atoms with van der Waals surface area (Å²) in [5.74, 6) is 0.881. The third-order valence-corrected chi connectivity index (χ3v) is 3.32. The summed E-state index contributed by atoms with van der Waals surface area (Å²) in [4.78, 5) is 5.47. The quantitative estimate of drug-likeness (QED) is 0.706. The molecule has 0 aliphatic rings. The number of thiazole rings is 1. The Hall–Kier alpha value is -1.81. The molecule has 2 heterocycles. The lowest BCUT2D eigenvalue weighted by Crippen LogP contribution is -1.95. The van der Waals surface area contributed by atoms with Crippen LogP contribution >= 0.6 is 11.3 Å². The van der Waals surface area contributed by atoms with Crippen LogP contribution in [-0.2, 0) is 6.61 Å². The average Bonchev–Trinajstić information content (AvgIpc) is 2.88. The van der Waals surface area contributed by atoms with Crippen molar-refractivity contribution >= 4 is 16.3 Å². The summed E-state index contributed by atoms with van der Waals surface area (Å²) in [7, 11) is 0. The van der Waals surface area contributed by atoms with Gasteiger partial charge in [0.15, 0.2) is 4.96 Å². The minimum Gasteiger partial charge on any atom is -0.487 e. The van der Waals surface area contributed by atoms with Crippen molar-refractivity contribution in [1.29, 1.82) is 0 Å². The second-order valence-electron chi connectivity index (χ2n) is 3.93. The molecule has 86 valence electrons. The molecule has 0 atom stereocenters. The van der Waals surface area contributed by atoms with Gasteiger partial charge in [-0.3, -0.25) is 4.40 Å². The van der Waals surface area contributed by atoms with E-state index >= 15 is 0 Å². The smallest absolute Gasteiger partial charge is 0.193 e. The molecule has 0 aliphatic heterocycles. The van der Waals surface area contributed by atoms with Crippen LogP contribution in [0.3, 0.4) is 0 Å². The number of aryl methyl sites for hydroxylation is 1. The normalized spacial score (nSPS) is 10.9. The third-order valence-electron chi connectivity index (χ3n) is 2.55. The predicted molar refractivity (Wildman–Crippen MR) is 68.6 cm³/mol. The van der Waals surface area contributed by atoms with E-state index in [1.54, 1.807) is 11.3 Å². The Bertz CT molecular complexity index is 596. The Morgan fingerprint density at radius 3 is 2.88 bits per heavy atom. The summed E-state index contributed by atoms with van der Waals surface area (Å²) in [6.45, 7) is 2.57. The van der Waals surface area contributed by atoms with Gasteiger partial charge in [0.05, 0.1) is 5.69 Å². The zero-order chi connectivity index (χ0) is 11.7. The van der Waals surface area contributed by atoms with Crippen molar-refractivity contribution in [3.63, 3.8) is 0 Å². The zero-order valence-electron chi connectivity index (χ0n) is 9.46. The van der Waals surface area contributed by atoms with Crippen molar-refractivity contribution in [2.24, 2.45) is 0 Å². The van der Waals surface area contributed by atoms with Crippen LogP contribution in [0.5, 0.6) is 5.75 Å². The van der Waals surface area contributed by atoms with Gasteiger partial charge in [-0.05, 0) is 19.1 Å². The first-order chi connectivity index (χ1) is 8.31. The van der Waals surface area contributed by atoms with E-state index in [0.29, 0.717) is 6.61 Å². The standard InChI is InChI=1S/C13H12N2OS/c1-10-2-4-12(5-3-10)16-9-11-8-15-6-7-17-13(15)14-11/h2-8H,9H2,1H3. The molecular formula is C13H12N2OS. The van der Waals surface area contributed by atoms with Crippen molar-refractivity contribution in [3.8, 4) is 5.75 Å². The van der Waals surface area contributed by atoms with Gasteiger partial charge < -0.3 is 4.74 Å². The predicted octanol–water partition coefficient (Wildman–Crippen LogP) is 3.28. The van der Waals surface area contributed by atoms with Gasteiger partial charge in [-0.25, -0.2) is 4.98 Å². The van der Waals surface area contributed by atoms with E-state index in [1.807, 2.05) is 46.4 Å². The highest BCUT2D eigenvalue weighted by Gasteiger charge is 2.03. The molecule has 0 unspecified atom stereocenters. The van der Waals surface area contributed by atoms with E-state index < -0.39 is 0 Å². The topological polar surface area (TPSA) is 26.5 Å². The van der Waals surface area contributed by atoms with Crippen LogP contribution in [-0.4, -0.2) is 9.38 Å². The molecule has 0 N–H and O–H groups in total. The lowest BCUT2D eigenvalue weighted by atomic mass is 10.2. The molecule has 0 bridgehead atoms. The zero-order valence-corrected chi connectivity index (χ0v) is 10.3. The van der Waals surface area contributed by atoms with Crippen molar-refractivity contribution in [1.82, 2.24) is 9.38 Å².